The van der Waals surface area contributed by atoms with Crippen molar-refractivity contribution in [1.29, 1.82) is 0 Å². The van der Waals surface area contributed by atoms with Crippen LogP contribution in [0.25, 0.3) is 0 Å². The zero-order valence-corrected chi connectivity index (χ0v) is 7.66. The fraction of sp³-hybridized carbons (Fsp3) is 0.400. The van der Waals surface area contributed by atoms with Crippen molar-refractivity contribution >= 4 is 0 Å². The van der Waals surface area contributed by atoms with Gasteiger partial charge in [-0.2, -0.15) is 0 Å². The number of rotatable bonds is 0. The zero-order valence-electron chi connectivity index (χ0n) is 7.66. The van der Waals surface area contributed by atoms with Crippen LogP contribution in [0.2, 0.25) is 0 Å². The lowest BCUT2D eigenvalue weighted by atomic mass is 10.0. The van der Waals surface area contributed by atoms with E-state index in [-0.39, 0.29) is 6.04 Å². The molecule has 1 atom stereocenters. The largest absolute Gasteiger partial charge is 0.375 e. The number of halogens is 1. The lowest BCUT2D eigenvalue weighted by Crippen LogP contribution is -2.23. The lowest BCUT2D eigenvalue weighted by molar-refractivity contribution is 0.0924. The van der Waals surface area contributed by atoms with E-state index in [4.69, 9.17) is 10.5 Å². The molecule has 3 heteroatoms. The van der Waals surface area contributed by atoms with Crippen LogP contribution >= 0.6 is 0 Å². The van der Waals surface area contributed by atoms with Gasteiger partial charge in [-0.1, -0.05) is 24.3 Å². The van der Waals surface area contributed by atoms with E-state index in [1.807, 2.05) is 12.1 Å². The van der Waals surface area contributed by atoms with Crippen molar-refractivity contribution in [3.63, 3.8) is 0 Å². The van der Waals surface area contributed by atoms with E-state index in [2.05, 4.69) is 12.1 Å². The van der Waals surface area contributed by atoms with Crippen LogP contribution in [0.1, 0.15) is 17.2 Å². The smallest absolute Gasteiger partial charge is 0.0785 e. The summed E-state index contributed by atoms with van der Waals surface area (Å²) in [6.45, 7) is 1.36. The van der Waals surface area contributed by atoms with E-state index < -0.39 is 0 Å². The maximum absolute atomic E-state index is 9.50. The topological polar surface area (TPSA) is 35.2 Å². The fourth-order valence-electron chi connectivity index (χ4n) is 1.41. The molecule has 0 amide bonds. The van der Waals surface area contributed by atoms with Crippen molar-refractivity contribution in [2.75, 3.05) is 13.8 Å². The number of fused-ring (bicyclic) bond motifs is 1. The Labute approximate surface area is 77.5 Å². The van der Waals surface area contributed by atoms with Crippen molar-refractivity contribution in [3.8, 4) is 0 Å². The number of benzene rings is 1. The molecule has 0 unspecified atom stereocenters. The summed E-state index contributed by atoms with van der Waals surface area (Å²) >= 11 is 0. The predicted molar refractivity (Wildman–Crippen MR) is 50.1 cm³/mol. The van der Waals surface area contributed by atoms with Gasteiger partial charge in [0.05, 0.1) is 26.4 Å². The number of nitrogens with two attached hydrogens (primary N) is 1. The Morgan fingerprint density at radius 1 is 1.38 bits per heavy atom. The van der Waals surface area contributed by atoms with E-state index in [0.29, 0.717) is 20.4 Å². The van der Waals surface area contributed by atoms with Crippen LogP contribution in [0.3, 0.4) is 0 Å². The quantitative estimate of drug-likeness (QED) is 0.665. The minimum absolute atomic E-state index is 0.0694. The highest BCUT2D eigenvalue weighted by molar-refractivity contribution is 5.30. The van der Waals surface area contributed by atoms with Crippen molar-refractivity contribution in [1.82, 2.24) is 0 Å². The maximum Gasteiger partial charge on any atom is 0.0785 e. The average Bonchev–Trinajstić information content (AvgIpc) is 2.22. The molecular formula is C10H14FNO. The van der Waals surface area contributed by atoms with Gasteiger partial charge >= 0.3 is 0 Å². The first-order chi connectivity index (χ1) is 6.38. The minimum atomic E-state index is 0.0694. The van der Waals surface area contributed by atoms with Gasteiger partial charge in [0.15, 0.2) is 0 Å². The van der Waals surface area contributed by atoms with Crippen LogP contribution in [0.15, 0.2) is 24.3 Å². The Balaban J connectivity index is 0.000000396. The summed E-state index contributed by atoms with van der Waals surface area (Å²) in [5, 5.41) is 0. The Hall–Kier alpha value is -0.930. The molecule has 0 radical (unpaired) electrons. The Bertz CT molecular complexity index is 265. The summed E-state index contributed by atoms with van der Waals surface area (Å²) in [6, 6.07) is 8.24. The fourth-order valence-corrected chi connectivity index (χ4v) is 1.41. The molecule has 0 fully saturated rings. The van der Waals surface area contributed by atoms with Gasteiger partial charge in [0.25, 0.3) is 0 Å². The third-order valence-corrected chi connectivity index (χ3v) is 2.01. The minimum Gasteiger partial charge on any atom is -0.375 e. The highest BCUT2D eigenvalue weighted by atomic mass is 19.1. The standard InChI is InChI=1S/C9H11NO.CH3F/c10-9-6-11-5-7-3-1-2-4-8(7)9;1-2/h1-4,9H,5-6,10H2;1H3/t9-;/m1./s1. The zero-order chi connectivity index (χ0) is 9.68. The first-order valence-corrected chi connectivity index (χ1v) is 4.17. The van der Waals surface area contributed by atoms with Crippen LogP contribution in [0.5, 0.6) is 0 Å². The second-order valence-electron chi connectivity index (χ2n) is 2.82. The second kappa shape index (κ2) is 4.94. The predicted octanol–water partition coefficient (Wildman–Crippen LogP) is 1.80. The summed E-state index contributed by atoms with van der Waals surface area (Å²) in [7, 11) is 0.500. The van der Waals surface area contributed by atoms with Crippen molar-refractivity contribution in [3.05, 3.63) is 35.4 Å². The van der Waals surface area contributed by atoms with Gasteiger partial charge in [-0.15, -0.1) is 0 Å². The van der Waals surface area contributed by atoms with Gasteiger partial charge in [-0.3, -0.25) is 4.39 Å². The molecule has 2 nitrogen and oxygen atoms in total. The molecule has 1 heterocycles. The van der Waals surface area contributed by atoms with Crippen LogP contribution in [0, 0.1) is 0 Å². The van der Waals surface area contributed by atoms with E-state index in [0.717, 1.165) is 0 Å². The molecule has 0 aliphatic carbocycles. The first-order valence-electron chi connectivity index (χ1n) is 4.17. The van der Waals surface area contributed by atoms with Crippen molar-refractivity contribution in [2.45, 2.75) is 12.6 Å². The molecule has 1 aliphatic rings. The van der Waals surface area contributed by atoms with Gasteiger partial charge in [0.1, 0.15) is 0 Å². The summed E-state index contributed by atoms with van der Waals surface area (Å²) in [4.78, 5) is 0. The van der Waals surface area contributed by atoms with Crippen LogP contribution in [-0.4, -0.2) is 13.8 Å². The monoisotopic (exact) mass is 183 g/mol. The first kappa shape index (κ1) is 10.2. The molecule has 1 aromatic rings. The maximum atomic E-state index is 9.50. The molecule has 0 aromatic heterocycles. The van der Waals surface area contributed by atoms with Gasteiger partial charge < -0.3 is 10.5 Å². The van der Waals surface area contributed by atoms with Crippen LogP contribution < -0.4 is 5.73 Å². The number of hydrogen-bond acceptors (Lipinski definition) is 2. The molecule has 2 N–H and O–H groups in total. The third-order valence-electron chi connectivity index (χ3n) is 2.01. The number of ether oxygens (including phenoxy) is 1. The van der Waals surface area contributed by atoms with Gasteiger partial charge in [-0.25, -0.2) is 0 Å². The Morgan fingerprint density at radius 2 is 2.08 bits per heavy atom. The second-order valence-corrected chi connectivity index (χ2v) is 2.82. The van der Waals surface area contributed by atoms with Gasteiger partial charge in [0, 0.05) is 0 Å². The number of hydrogen-bond donors (Lipinski definition) is 1. The molecular weight excluding hydrogens is 169 g/mol. The van der Waals surface area contributed by atoms with Gasteiger partial charge in [-0.05, 0) is 11.1 Å². The molecule has 13 heavy (non-hydrogen) atoms. The molecule has 0 bridgehead atoms. The lowest BCUT2D eigenvalue weighted by Gasteiger charge is -2.21. The van der Waals surface area contributed by atoms with E-state index in [9.17, 15) is 4.39 Å². The average molecular weight is 183 g/mol. The highest BCUT2D eigenvalue weighted by Crippen LogP contribution is 2.21. The van der Waals surface area contributed by atoms with Gasteiger partial charge in [0.2, 0.25) is 0 Å². The van der Waals surface area contributed by atoms with Crippen LogP contribution in [0.4, 0.5) is 4.39 Å². The summed E-state index contributed by atoms with van der Waals surface area (Å²) < 4.78 is 14.8. The molecule has 0 saturated heterocycles. The van der Waals surface area contributed by atoms with Crippen molar-refractivity contribution in [2.24, 2.45) is 5.73 Å². The Morgan fingerprint density at radius 3 is 2.77 bits per heavy atom. The summed E-state index contributed by atoms with van der Waals surface area (Å²) in [6.07, 6.45) is 0. The van der Waals surface area contributed by atoms with E-state index in [1.165, 1.54) is 11.1 Å². The normalized spacial score (nSPS) is 19.8. The molecule has 2 rings (SSSR count). The summed E-state index contributed by atoms with van der Waals surface area (Å²) in [5.74, 6) is 0. The van der Waals surface area contributed by atoms with Crippen LogP contribution in [-0.2, 0) is 11.3 Å². The molecule has 0 spiro atoms. The third kappa shape index (κ3) is 2.26. The number of alkyl halides is 1. The van der Waals surface area contributed by atoms with E-state index >= 15 is 0 Å². The SMILES string of the molecule is CF.N[C@@H]1COCc2ccccc21. The highest BCUT2D eigenvalue weighted by Gasteiger charge is 2.15. The molecule has 72 valence electrons. The Kier molecular flexibility index (Phi) is 3.86. The molecule has 1 aliphatic heterocycles. The molecule has 0 saturated carbocycles. The molecule has 1 aromatic carbocycles. The summed E-state index contributed by atoms with van der Waals surface area (Å²) in [5.41, 5.74) is 8.28. The van der Waals surface area contributed by atoms with E-state index in [1.54, 1.807) is 0 Å². The van der Waals surface area contributed by atoms with Crippen molar-refractivity contribution < 1.29 is 9.13 Å².